The van der Waals surface area contributed by atoms with Crippen molar-refractivity contribution in [3.8, 4) is 0 Å². The van der Waals surface area contributed by atoms with Crippen molar-refractivity contribution in [2.45, 2.75) is 96.8 Å². The summed E-state index contributed by atoms with van der Waals surface area (Å²) in [6, 6.07) is 0. The molecule has 0 unspecified atom stereocenters. The molecule has 0 amide bonds. The normalized spacial score (nSPS) is 11.4. The summed E-state index contributed by atoms with van der Waals surface area (Å²) >= 11 is 0. The van der Waals surface area contributed by atoms with Crippen LogP contribution in [0.25, 0.3) is 0 Å². The monoisotopic (exact) mass is 381 g/mol. The first kappa shape index (κ1) is 24.2. The van der Waals surface area contributed by atoms with Gasteiger partial charge in [0, 0.05) is 27.3 Å². The third-order valence-electron chi connectivity index (χ3n) is 4.18. The summed E-state index contributed by atoms with van der Waals surface area (Å²) in [5.41, 5.74) is 0. The average molecular weight is 382 g/mol. The maximum absolute atomic E-state index is 2.47. The van der Waals surface area contributed by atoms with Crippen LogP contribution in [0.15, 0.2) is 0 Å². The van der Waals surface area contributed by atoms with Gasteiger partial charge in [-0.1, -0.05) is 84.0 Å². The van der Waals surface area contributed by atoms with E-state index in [9.17, 15) is 0 Å². The van der Waals surface area contributed by atoms with Gasteiger partial charge in [0.15, 0.2) is 0 Å². The highest BCUT2D eigenvalue weighted by molar-refractivity contribution is 8.93. The first-order valence-electron chi connectivity index (χ1n) is 9.36. The van der Waals surface area contributed by atoms with Crippen molar-refractivity contribution >= 4 is 24.2 Å². The Kier molecular flexibility index (Phi) is 19.9. The maximum atomic E-state index is 2.47. The molecule has 0 rings (SSSR count). The molecule has 0 aliphatic rings. The van der Waals surface area contributed by atoms with Crippen LogP contribution in [0, 0.1) is 0 Å². The fourth-order valence-corrected chi connectivity index (χ4v) is 3.95. The van der Waals surface area contributed by atoms with Crippen LogP contribution in [0.2, 0.25) is 0 Å². The lowest BCUT2D eigenvalue weighted by molar-refractivity contribution is 0.538. The van der Waals surface area contributed by atoms with Crippen molar-refractivity contribution in [2.75, 3.05) is 26.2 Å². The summed E-state index contributed by atoms with van der Waals surface area (Å²) in [6.45, 7) is 9.70. The summed E-state index contributed by atoms with van der Waals surface area (Å²) in [6.07, 6.45) is 22.1. The molecule has 0 spiro atoms. The van der Waals surface area contributed by atoms with Gasteiger partial charge in [0.25, 0.3) is 0 Å². The molecule has 0 N–H and O–H groups in total. The molecule has 0 nitrogen and oxygen atoms in total. The molecule has 130 valence electrons. The predicted octanol–water partition coefficient (Wildman–Crippen LogP) is 7.95. The van der Waals surface area contributed by atoms with E-state index >= 15 is 0 Å². The number of rotatable bonds is 15. The van der Waals surface area contributed by atoms with Crippen LogP contribution in [0.1, 0.15) is 96.8 Å². The topological polar surface area (TPSA) is 0 Å². The van der Waals surface area contributed by atoms with Gasteiger partial charge in [-0.05, 0) is 12.8 Å². The summed E-state index contributed by atoms with van der Waals surface area (Å²) in [7, 11) is -0.500. The quantitative estimate of drug-likeness (QED) is 0.199. The van der Waals surface area contributed by atoms with Crippen LogP contribution in [0.4, 0.5) is 0 Å². The van der Waals surface area contributed by atoms with Gasteiger partial charge < -0.3 is 0 Å². The predicted molar refractivity (Wildman–Crippen MR) is 110 cm³/mol. The smallest absolute Gasteiger partial charge is 0.0586 e. The number of unbranched alkanes of at least 4 members (excludes halogenated alkanes) is 13. The molecular weight excluding hydrogens is 339 g/mol. The van der Waals surface area contributed by atoms with Gasteiger partial charge in [-0.3, -0.25) is 0 Å². The molecule has 0 radical (unpaired) electrons. The lowest BCUT2D eigenvalue weighted by Gasteiger charge is -2.10. The Morgan fingerprint density at radius 1 is 0.476 bits per heavy atom. The highest BCUT2D eigenvalue weighted by Gasteiger charge is 2.15. The second kappa shape index (κ2) is 17.3. The summed E-state index contributed by atoms with van der Waals surface area (Å²) in [5.74, 6) is 0. The molecule has 0 bridgehead atoms. The first-order chi connectivity index (χ1) is 9.56. The minimum atomic E-state index is -0.500. The molecule has 0 saturated carbocycles. The SMILES string of the molecule is Br.CCCCCCCCCCCCCCCC[P+](C)(C)C. The second-order valence-electron chi connectivity index (χ2n) is 7.61. The Labute approximate surface area is 147 Å². The van der Waals surface area contributed by atoms with Gasteiger partial charge in [0.05, 0.1) is 6.16 Å². The van der Waals surface area contributed by atoms with Crippen LogP contribution in [-0.2, 0) is 0 Å². The Morgan fingerprint density at radius 2 is 0.762 bits per heavy atom. The number of hydrogen-bond acceptors (Lipinski definition) is 0. The zero-order valence-corrected chi connectivity index (χ0v) is 18.1. The summed E-state index contributed by atoms with van der Waals surface area (Å²) in [5, 5.41) is 0. The largest absolute Gasteiger partial charge is 0.114 e. The Balaban J connectivity index is 0. The fraction of sp³-hybridized carbons (Fsp3) is 1.00. The third-order valence-corrected chi connectivity index (χ3v) is 5.84. The van der Waals surface area contributed by atoms with E-state index < -0.39 is 7.26 Å². The highest BCUT2D eigenvalue weighted by Crippen LogP contribution is 2.47. The van der Waals surface area contributed by atoms with Crippen LogP contribution in [0.5, 0.6) is 0 Å². The van der Waals surface area contributed by atoms with E-state index in [-0.39, 0.29) is 17.0 Å². The van der Waals surface area contributed by atoms with Crippen molar-refractivity contribution in [3.63, 3.8) is 0 Å². The molecule has 0 fully saturated rings. The van der Waals surface area contributed by atoms with Crippen molar-refractivity contribution in [2.24, 2.45) is 0 Å². The van der Waals surface area contributed by atoms with Gasteiger partial charge in [0.1, 0.15) is 0 Å². The van der Waals surface area contributed by atoms with Gasteiger partial charge in [-0.2, -0.15) is 0 Å². The van der Waals surface area contributed by atoms with Crippen molar-refractivity contribution in [1.82, 2.24) is 0 Å². The van der Waals surface area contributed by atoms with Gasteiger partial charge in [-0.15, -0.1) is 17.0 Å². The average Bonchev–Trinajstić information content (AvgIpc) is 2.38. The summed E-state index contributed by atoms with van der Waals surface area (Å²) in [4.78, 5) is 0. The molecule has 21 heavy (non-hydrogen) atoms. The maximum Gasteiger partial charge on any atom is 0.0586 e. The second-order valence-corrected chi connectivity index (χ2v) is 12.6. The van der Waals surface area contributed by atoms with E-state index in [1.54, 1.807) is 0 Å². The molecule has 0 aliphatic carbocycles. The van der Waals surface area contributed by atoms with Crippen LogP contribution in [0.3, 0.4) is 0 Å². The van der Waals surface area contributed by atoms with E-state index in [0.717, 1.165) is 0 Å². The Morgan fingerprint density at radius 3 is 1.05 bits per heavy atom. The zero-order chi connectivity index (χ0) is 15.1. The molecular formula is C19H43BrP+. The number of hydrogen-bond donors (Lipinski definition) is 0. The van der Waals surface area contributed by atoms with E-state index in [1.165, 1.54) is 96.1 Å². The van der Waals surface area contributed by atoms with Crippen molar-refractivity contribution in [1.29, 1.82) is 0 Å². The highest BCUT2D eigenvalue weighted by atomic mass is 79.9. The van der Waals surface area contributed by atoms with E-state index in [0.29, 0.717) is 0 Å². The molecule has 0 aromatic rings. The Hall–Kier alpha value is 0.910. The molecule has 0 aliphatic heterocycles. The minimum absolute atomic E-state index is 0. The fourth-order valence-electron chi connectivity index (χ4n) is 2.78. The van der Waals surface area contributed by atoms with Gasteiger partial charge in [-0.25, -0.2) is 0 Å². The third kappa shape index (κ3) is 23.3. The molecule has 0 atom stereocenters. The molecule has 0 heterocycles. The van der Waals surface area contributed by atoms with E-state index in [1.807, 2.05) is 0 Å². The van der Waals surface area contributed by atoms with Crippen LogP contribution in [-0.4, -0.2) is 26.2 Å². The van der Waals surface area contributed by atoms with Gasteiger partial charge >= 0.3 is 0 Å². The minimum Gasteiger partial charge on any atom is -0.114 e. The van der Waals surface area contributed by atoms with E-state index in [2.05, 4.69) is 26.9 Å². The molecule has 2 heteroatoms. The van der Waals surface area contributed by atoms with Crippen molar-refractivity contribution in [3.05, 3.63) is 0 Å². The van der Waals surface area contributed by atoms with Gasteiger partial charge in [0.2, 0.25) is 0 Å². The van der Waals surface area contributed by atoms with Crippen LogP contribution < -0.4 is 0 Å². The molecule has 0 saturated heterocycles. The number of halogens is 1. The lowest BCUT2D eigenvalue weighted by Crippen LogP contribution is -1.92. The van der Waals surface area contributed by atoms with Crippen LogP contribution >= 0.6 is 24.2 Å². The molecule has 0 aromatic heterocycles. The Bertz CT molecular complexity index is 186. The van der Waals surface area contributed by atoms with E-state index in [4.69, 9.17) is 0 Å². The van der Waals surface area contributed by atoms with Crippen molar-refractivity contribution < 1.29 is 0 Å². The zero-order valence-electron chi connectivity index (χ0n) is 15.5. The first-order valence-corrected chi connectivity index (χ1v) is 12.7. The standard InChI is InChI=1S/C19H42P.BrH/c1-5-6-7-8-9-10-11-12-13-14-15-16-17-18-19-20(2,3)4;/h5-19H2,1-4H3;1H/q+1;. The summed E-state index contributed by atoms with van der Waals surface area (Å²) < 4.78 is 0. The molecule has 0 aromatic carbocycles. The lowest BCUT2D eigenvalue weighted by atomic mass is 10.0.